The number of nitrogens with one attached hydrogen (secondary N) is 1. The van der Waals surface area contributed by atoms with Crippen molar-refractivity contribution in [2.75, 3.05) is 32.8 Å². The molecule has 1 amide bonds. The van der Waals surface area contributed by atoms with E-state index in [0.29, 0.717) is 19.7 Å². The molecule has 3 rings (SSSR count). The van der Waals surface area contributed by atoms with Crippen molar-refractivity contribution in [2.24, 2.45) is 0 Å². The van der Waals surface area contributed by atoms with Gasteiger partial charge in [-0.05, 0) is 17.6 Å². The highest BCUT2D eigenvalue weighted by Crippen LogP contribution is 2.22. The molecule has 20 heavy (non-hydrogen) atoms. The molecular formula is C16H20N2O2. The van der Waals surface area contributed by atoms with Crippen molar-refractivity contribution in [1.82, 2.24) is 10.2 Å². The number of benzene rings is 1. The fourth-order valence-corrected chi connectivity index (χ4v) is 2.71. The zero-order valence-electron chi connectivity index (χ0n) is 11.5. The van der Waals surface area contributed by atoms with Crippen LogP contribution in [0.4, 0.5) is 0 Å². The summed E-state index contributed by atoms with van der Waals surface area (Å²) in [5.41, 5.74) is 2.59. The molecule has 0 spiro atoms. The molecule has 0 bridgehead atoms. The molecule has 1 atom stereocenters. The Bertz CT molecular complexity index is 492. The van der Waals surface area contributed by atoms with Crippen LogP contribution >= 0.6 is 0 Å². The minimum atomic E-state index is -0.310. The van der Waals surface area contributed by atoms with Crippen molar-refractivity contribution in [3.05, 3.63) is 42.0 Å². The van der Waals surface area contributed by atoms with E-state index in [0.717, 1.165) is 19.5 Å². The van der Waals surface area contributed by atoms with E-state index in [9.17, 15) is 4.79 Å². The SMILES string of the molecule is O=C(C1CNCCO1)N1CC=C(c2ccccc2)CC1. The van der Waals surface area contributed by atoms with Crippen LogP contribution < -0.4 is 5.32 Å². The van der Waals surface area contributed by atoms with Gasteiger partial charge in [0.25, 0.3) is 5.91 Å². The Hall–Kier alpha value is -1.65. The van der Waals surface area contributed by atoms with Crippen LogP contribution in [-0.4, -0.2) is 49.7 Å². The molecule has 0 saturated carbocycles. The maximum absolute atomic E-state index is 12.3. The number of nitrogens with zero attached hydrogens (tertiary/aromatic N) is 1. The molecule has 106 valence electrons. The van der Waals surface area contributed by atoms with Gasteiger partial charge in [-0.25, -0.2) is 0 Å². The molecule has 1 aromatic carbocycles. The van der Waals surface area contributed by atoms with Crippen molar-refractivity contribution < 1.29 is 9.53 Å². The Kier molecular flexibility index (Phi) is 4.14. The van der Waals surface area contributed by atoms with Crippen LogP contribution in [0.2, 0.25) is 0 Å². The number of hydrogen-bond acceptors (Lipinski definition) is 3. The van der Waals surface area contributed by atoms with Gasteiger partial charge in [0.2, 0.25) is 0 Å². The van der Waals surface area contributed by atoms with Gasteiger partial charge in [-0.15, -0.1) is 0 Å². The molecular weight excluding hydrogens is 252 g/mol. The second-order valence-electron chi connectivity index (χ2n) is 5.19. The Balaban J connectivity index is 1.62. The summed E-state index contributed by atoms with van der Waals surface area (Å²) >= 11 is 0. The van der Waals surface area contributed by atoms with Crippen LogP contribution in [0.25, 0.3) is 5.57 Å². The molecule has 1 N–H and O–H groups in total. The van der Waals surface area contributed by atoms with Gasteiger partial charge in [0.05, 0.1) is 6.61 Å². The van der Waals surface area contributed by atoms with Gasteiger partial charge in [0, 0.05) is 26.2 Å². The molecule has 2 aliphatic heterocycles. The first-order valence-electron chi connectivity index (χ1n) is 7.20. The average Bonchev–Trinajstić information content (AvgIpc) is 2.56. The molecule has 2 heterocycles. The maximum atomic E-state index is 12.3. The Labute approximate surface area is 119 Å². The van der Waals surface area contributed by atoms with Gasteiger partial charge in [-0.3, -0.25) is 4.79 Å². The third kappa shape index (κ3) is 2.92. The molecule has 0 radical (unpaired) electrons. The molecule has 1 fully saturated rings. The molecule has 4 heteroatoms. The fraction of sp³-hybridized carbons (Fsp3) is 0.438. The smallest absolute Gasteiger partial charge is 0.253 e. The molecule has 1 unspecified atom stereocenters. The second-order valence-corrected chi connectivity index (χ2v) is 5.19. The average molecular weight is 272 g/mol. The fourth-order valence-electron chi connectivity index (χ4n) is 2.71. The second kappa shape index (κ2) is 6.20. The molecule has 1 saturated heterocycles. The van der Waals surface area contributed by atoms with Crippen molar-refractivity contribution in [2.45, 2.75) is 12.5 Å². The van der Waals surface area contributed by atoms with Gasteiger partial charge >= 0.3 is 0 Å². The zero-order valence-corrected chi connectivity index (χ0v) is 11.5. The summed E-state index contributed by atoms with van der Waals surface area (Å²) in [4.78, 5) is 14.2. The van der Waals surface area contributed by atoms with Gasteiger partial charge in [0.1, 0.15) is 6.10 Å². The molecule has 0 aromatic heterocycles. The Morgan fingerprint density at radius 2 is 2.15 bits per heavy atom. The van der Waals surface area contributed by atoms with Gasteiger partial charge in [0.15, 0.2) is 0 Å². The van der Waals surface area contributed by atoms with E-state index < -0.39 is 0 Å². The number of carbonyl (C=O) groups excluding carboxylic acids is 1. The Morgan fingerprint density at radius 1 is 1.30 bits per heavy atom. The molecule has 1 aromatic rings. The number of morpholine rings is 1. The van der Waals surface area contributed by atoms with Gasteiger partial charge in [-0.2, -0.15) is 0 Å². The summed E-state index contributed by atoms with van der Waals surface area (Å²) in [5, 5.41) is 3.20. The zero-order chi connectivity index (χ0) is 13.8. The van der Waals surface area contributed by atoms with Gasteiger partial charge < -0.3 is 15.0 Å². The minimum absolute atomic E-state index is 0.112. The summed E-state index contributed by atoms with van der Waals surface area (Å²) in [7, 11) is 0. The highest BCUT2D eigenvalue weighted by atomic mass is 16.5. The van der Waals surface area contributed by atoms with Gasteiger partial charge in [-0.1, -0.05) is 36.4 Å². The standard InChI is InChI=1S/C16H20N2O2/c19-16(15-12-17-8-11-20-15)18-9-6-14(7-10-18)13-4-2-1-3-5-13/h1-6,15,17H,7-12H2. The molecule has 2 aliphatic rings. The first kappa shape index (κ1) is 13.3. The van der Waals surface area contributed by atoms with E-state index in [1.807, 2.05) is 11.0 Å². The minimum Gasteiger partial charge on any atom is -0.366 e. The van der Waals surface area contributed by atoms with E-state index in [1.54, 1.807) is 0 Å². The number of rotatable bonds is 2. The highest BCUT2D eigenvalue weighted by molar-refractivity contribution is 5.82. The lowest BCUT2D eigenvalue weighted by molar-refractivity contribution is -0.144. The maximum Gasteiger partial charge on any atom is 0.253 e. The lowest BCUT2D eigenvalue weighted by Gasteiger charge is -2.31. The number of carbonyl (C=O) groups is 1. The van der Waals surface area contributed by atoms with Crippen LogP contribution in [0.3, 0.4) is 0 Å². The summed E-state index contributed by atoms with van der Waals surface area (Å²) < 4.78 is 5.53. The van der Waals surface area contributed by atoms with Crippen molar-refractivity contribution >= 4 is 11.5 Å². The molecule has 4 nitrogen and oxygen atoms in total. The van der Waals surface area contributed by atoms with Crippen LogP contribution in [0.15, 0.2) is 36.4 Å². The Morgan fingerprint density at radius 3 is 2.80 bits per heavy atom. The lowest BCUT2D eigenvalue weighted by Crippen LogP contribution is -2.50. The monoisotopic (exact) mass is 272 g/mol. The third-order valence-electron chi connectivity index (χ3n) is 3.87. The van der Waals surface area contributed by atoms with E-state index in [1.165, 1.54) is 11.1 Å². The third-order valence-corrected chi connectivity index (χ3v) is 3.87. The lowest BCUT2D eigenvalue weighted by atomic mass is 9.99. The largest absolute Gasteiger partial charge is 0.366 e. The topological polar surface area (TPSA) is 41.6 Å². The van der Waals surface area contributed by atoms with Crippen LogP contribution in [-0.2, 0) is 9.53 Å². The summed E-state index contributed by atoms with van der Waals surface area (Å²) in [6.45, 7) is 3.55. The predicted octanol–water partition coefficient (Wildman–Crippen LogP) is 1.29. The summed E-state index contributed by atoms with van der Waals surface area (Å²) in [6, 6.07) is 10.4. The normalized spacial score (nSPS) is 23.3. The number of ether oxygens (including phenoxy) is 1. The number of hydrogen-bond donors (Lipinski definition) is 1. The highest BCUT2D eigenvalue weighted by Gasteiger charge is 2.27. The van der Waals surface area contributed by atoms with Crippen LogP contribution in [0.5, 0.6) is 0 Å². The number of amides is 1. The molecule has 0 aliphatic carbocycles. The first-order valence-corrected chi connectivity index (χ1v) is 7.20. The van der Waals surface area contributed by atoms with Crippen LogP contribution in [0.1, 0.15) is 12.0 Å². The quantitative estimate of drug-likeness (QED) is 0.882. The van der Waals surface area contributed by atoms with E-state index in [-0.39, 0.29) is 12.0 Å². The van der Waals surface area contributed by atoms with E-state index >= 15 is 0 Å². The predicted molar refractivity (Wildman–Crippen MR) is 78.2 cm³/mol. The van der Waals surface area contributed by atoms with E-state index in [4.69, 9.17) is 4.74 Å². The summed E-state index contributed by atoms with van der Waals surface area (Å²) in [5.74, 6) is 0.112. The van der Waals surface area contributed by atoms with E-state index in [2.05, 4.69) is 35.7 Å². The van der Waals surface area contributed by atoms with Crippen molar-refractivity contribution in [3.8, 4) is 0 Å². The summed E-state index contributed by atoms with van der Waals surface area (Å²) in [6.07, 6.45) is 2.76. The van der Waals surface area contributed by atoms with Crippen molar-refractivity contribution in [3.63, 3.8) is 0 Å². The van der Waals surface area contributed by atoms with Crippen LogP contribution in [0, 0.1) is 0 Å². The first-order chi connectivity index (χ1) is 9.84. The van der Waals surface area contributed by atoms with Crippen molar-refractivity contribution in [1.29, 1.82) is 0 Å².